The molecule has 2 rings (SSSR count). The minimum absolute atomic E-state index is 0.196. The summed E-state index contributed by atoms with van der Waals surface area (Å²) < 4.78 is 0. The van der Waals surface area contributed by atoms with E-state index in [0.29, 0.717) is 6.54 Å². The molecule has 1 saturated heterocycles. The number of imide groups is 1. The van der Waals surface area contributed by atoms with Gasteiger partial charge >= 0.3 is 6.03 Å². The highest BCUT2D eigenvalue weighted by atomic mass is 16.2. The smallest absolute Gasteiger partial charge is 0.315 e. The molecule has 3 amide bonds. The summed E-state index contributed by atoms with van der Waals surface area (Å²) in [5.41, 5.74) is 1.31. The second-order valence-electron chi connectivity index (χ2n) is 4.22. The summed E-state index contributed by atoms with van der Waals surface area (Å²) in [6.45, 7) is 0.870. The summed E-state index contributed by atoms with van der Waals surface area (Å²) in [5, 5.41) is 2.27. The number of benzene rings is 1. The second kappa shape index (κ2) is 5.48. The highest BCUT2D eigenvalue weighted by Gasteiger charge is 2.25. The Balaban J connectivity index is 1.67. The molecule has 1 aliphatic heterocycles. The molecule has 1 aromatic rings. The van der Waals surface area contributed by atoms with E-state index < -0.39 is 0 Å². The van der Waals surface area contributed by atoms with Crippen LogP contribution in [-0.4, -0.2) is 29.9 Å². The zero-order chi connectivity index (χ0) is 12.1. The van der Waals surface area contributed by atoms with Gasteiger partial charge in [0, 0.05) is 6.54 Å². The van der Waals surface area contributed by atoms with Gasteiger partial charge in [0.05, 0.1) is 0 Å². The number of urea groups is 1. The maximum absolute atomic E-state index is 11.2. The van der Waals surface area contributed by atoms with Crippen LogP contribution in [0.4, 0.5) is 4.79 Å². The van der Waals surface area contributed by atoms with E-state index >= 15 is 0 Å². The van der Waals surface area contributed by atoms with Crippen LogP contribution in [0.25, 0.3) is 0 Å². The number of nitrogens with zero attached hydrogens (tertiary/aromatic N) is 1. The number of carbonyl (C=O) groups is 2. The van der Waals surface area contributed by atoms with Crippen molar-refractivity contribution in [3.8, 4) is 0 Å². The SMILES string of the molecule is O=C1CN(CCCCc2ccccc2)C(=O)N1. The van der Waals surface area contributed by atoms with Gasteiger partial charge in [-0.3, -0.25) is 10.1 Å². The Bertz CT molecular complexity index is 403. The maximum atomic E-state index is 11.2. The number of aryl methyl sites for hydroxylation is 1. The van der Waals surface area contributed by atoms with Gasteiger partial charge in [-0.05, 0) is 24.8 Å². The quantitative estimate of drug-likeness (QED) is 0.618. The molecule has 0 radical (unpaired) electrons. The Kier molecular flexibility index (Phi) is 3.75. The van der Waals surface area contributed by atoms with Crippen molar-refractivity contribution in [3.63, 3.8) is 0 Å². The second-order valence-corrected chi connectivity index (χ2v) is 4.22. The van der Waals surface area contributed by atoms with Crippen LogP contribution in [0.2, 0.25) is 0 Å². The fraction of sp³-hybridized carbons (Fsp3) is 0.385. The summed E-state index contributed by atoms with van der Waals surface area (Å²) in [6, 6.07) is 10.0. The molecule has 0 bridgehead atoms. The normalized spacial score (nSPS) is 15.2. The molecule has 4 nitrogen and oxygen atoms in total. The van der Waals surface area contributed by atoms with Crippen LogP contribution < -0.4 is 5.32 Å². The molecule has 1 N–H and O–H groups in total. The molecule has 17 heavy (non-hydrogen) atoms. The molecule has 0 aromatic heterocycles. The third kappa shape index (κ3) is 3.31. The van der Waals surface area contributed by atoms with E-state index in [1.54, 1.807) is 4.90 Å². The van der Waals surface area contributed by atoms with Crippen molar-refractivity contribution in [2.24, 2.45) is 0 Å². The minimum atomic E-state index is -0.255. The first-order chi connectivity index (χ1) is 8.25. The third-order valence-electron chi connectivity index (χ3n) is 2.85. The first kappa shape index (κ1) is 11.6. The highest BCUT2D eigenvalue weighted by Crippen LogP contribution is 2.06. The lowest BCUT2D eigenvalue weighted by Crippen LogP contribution is -2.29. The number of hydrogen-bond acceptors (Lipinski definition) is 2. The predicted octanol–water partition coefficient (Wildman–Crippen LogP) is 1.56. The molecule has 1 aromatic carbocycles. The van der Waals surface area contributed by atoms with E-state index in [-0.39, 0.29) is 18.5 Å². The van der Waals surface area contributed by atoms with Gasteiger partial charge < -0.3 is 4.90 Å². The molecule has 1 aliphatic rings. The van der Waals surface area contributed by atoms with Gasteiger partial charge in [-0.25, -0.2) is 4.79 Å². The molecule has 0 spiro atoms. The molecule has 0 atom stereocenters. The van der Waals surface area contributed by atoms with Crippen LogP contribution in [0.5, 0.6) is 0 Å². The van der Waals surface area contributed by atoms with Crippen LogP contribution in [0.15, 0.2) is 30.3 Å². The fourth-order valence-corrected chi connectivity index (χ4v) is 1.94. The Morgan fingerprint density at radius 2 is 1.88 bits per heavy atom. The molecular weight excluding hydrogens is 216 g/mol. The van der Waals surface area contributed by atoms with Crippen LogP contribution in [0.3, 0.4) is 0 Å². The van der Waals surface area contributed by atoms with Gasteiger partial charge in [-0.1, -0.05) is 30.3 Å². The molecule has 90 valence electrons. The lowest BCUT2D eigenvalue weighted by Gasteiger charge is -2.12. The van der Waals surface area contributed by atoms with Crippen molar-refractivity contribution in [2.45, 2.75) is 19.3 Å². The van der Waals surface area contributed by atoms with Crippen LogP contribution in [0, 0.1) is 0 Å². The average Bonchev–Trinajstić information content (AvgIpc) is 2.65. The zero-order valence-corrected chi connectivity index (χ0v) is 9.69. The number of nitrogens with one attached hydrogen (secondary N) is 1. The molecule has 4 heteroatoms. The molecule has 0 aliphatic carbocycles. The van der Waals surface area contributed by atoms with Crippen LogP contribution >= 0.6 is 0 Å². The van der Waals surface area contributed by atoms with E-state index in [2.05, 4.69) is 17.4 Å². The standard InChI is InChI=1S/C13H16N2O2/c16-12-10-15(13(17)14-12)9-5-4-8-11-6-2-1-3-7-11/h1-3,6-7H,4-5,8-10H2,(H,14,16,17). The number of carbonyl (C=O) groups excluding carboxylic acids is 2. The highest BCUT2D eigenvalue weighted by molar-refractivity contribution is 6.01. The van der Waals surface area contributed by atoms with Crippen LogP contribution in [0.1, 0.15) is 18.4 Å². The molecule has 0 saturated carbocycles. The Morgan fingerprint density at radius 3 is 2.53 bits per heavy atom. The lowest BCUT2D eigenvalue weighted by molar-refractivity contribution is -0.118. The summed E-state index contributed by atoms with van der Waals surface area (Å²) in [7, 11) is 0. The number of unbranched alkanes of at least 4 members (excludes halogenated alkanes) is 1. The van der Waals surface area contributed by atoms with E-state index in [4.69, 9.17) is 0 Å². The molecule has 1 heterocycles. The summed E-state index contributed by atoms with van der Waals surface area (Å²) in [4.78, 5) is 23.8. The van der Waals surface area contributed by atoms with E-state index in [0.717, 1.165) is 19.3 Å². The maximum Gasteiger partial charge on any atom is 0.324 e. The van der Waals surface area contributed by atoms with Gasteiger partial charge in [0.25, 0.3) is 0 Å². The van der Waals surface area contributed by atoms with E-state index in [1.165, 1.54) is 5.56 Å². The predicted molar refractivity (Wildman–Crippen MR) is 64.5 cm³/mol. The Hall–Kier alpha value is -1.84. The third-order valence-corrected chi connectivity index (χ3v) is 2.85. The number of rotatable bonds is 5. The first-order valence-electron chi connectivity index (χ1n) is 5.88. The van der Waals surface area contributed by atoms with E-state index in [9.17, 15) is 9.59 Å². The summed E-state index contributed by atoms with van der Waals surface area (Å²) >= 11 is 0. The molecule has 0 unspecified atom stereocenters. The van der Waals surface area contributed by atoms with Crippen molar-refractivity contribution in [1.29, 1.82) is 0 Å². The molecule has 1 fully saturated rings. The van der Waals surface area contributed by atoms with Crippen LogP contribution in [-0.2, 0) is 11.2 Å². The first-order valence-corrected chi connectivity index (χ1v) is 5.88. The van der Waals surface area contributed by atoms with Gasteiger partial charge in [-0.15, -0.1) is 0 Å². The van der Waals surface area contributed by atoms with Gasteiger partial charge in [0.15, 0.2) is 0 Å². The zero-order valence-electron chi connectivity index (χ0n) is 9.69. The summed E-state index contributed by atoms with van der Waals surface area (Å²) in [5.74, 6) is -0.196. The monoisotopic (exact) mass is 232 g/mol. The molecular formula is C13H16N2O2. The van der Waals surface area contributed by atoms with Crippen molar-refractivity contribution in [1.82, 2.24) is 10.2 Å². The van der Waals surface area contributed by atoms with Crippen molar-refractivity contribution in [2.75, 3.05) is 13.1 Å². The minimum Gasteiger partial charge on any atom is -0.315 e. The lowest BCUT2D eigenvalue weighted by atomic mass is 10.1. The topological polar surface area (TPSA) is 49.4 Å². The number of hydrogen-bond donors (Lipinski definition) is 1. The van der Waals surface area contributed by atoms with Crippen molar-refractivity contribution < 1.29 is 9.59 Å². The summed E-state index contributed by atoms with van der Waals surface area (Å²) in [6.07, 6.45) is 2.97. The Labute approximate surface area is 101 Å². The fourth-order valence-electron chi connectivity index (χ4n) is 1.94. The largest absolute Gasteiger partial charge is 0.324 e. The van der Waals surface area contributed by atoms with E-state index in [1.807, 2.05) is 18.2 Å². The van der Waals surface area contributed by atoms with Gasteiger partial charge in [-0.2, -0.15) is 0 Å². The average molecular weight is 232 g/mol. The Morgan fingerprint density at radius 1 is 1.12 bits per heavy atom. The van der Waals surface area contributed by atoms with Crippen molar-refractivity contribution >= 4 is 11.9 Å². The van der Waals surface area contributed by atoms with Crippen molar-refractivity contribution in [3.05, 3.63) is 35.9 Å². The number of amides is 3. The van der Waals surface area contributed by atoms with Gasteiger partial charge in [0.1, 0.15) is 6.54 Å². The van der Waals surface area contributed by atoms with Gasteiger partial charge in [0.2, 0.25) is 5.91 Å².